The Kier molecular flexibility index (Phi) is 5.46. The molecule has 74 valence electrons. The molecule has 0 saturated carbocycles. The quantitative estimate of drug-likeness (QED) is 0.626. The van der Waals surface area contributed by atoms with E-state index >= 15 is 0 Å². The zero-order valence-electron chi connectivity index (χ0n) is 8.55. The van der Waals surface area contributed by atoms with Gasteiger partial charge in [0.25, 0.3) is 0 Å². The number of hydrogen-bond donors (Lipinski definition) is 2. The Hall–Kier alpha value is -0.120. The van der Waals surface area contributed by atoms with Crippen LogP contribution in [-0.2, 0) is 4.74 Å². The highest BCUT2D eigenvalue weighted by molar-refractivity contribution is 4.71. The van der Waals surface area contributed by atoms with Crippen LogP contribution >= 0.6 is 0 Å². The molecule has 0 heterocycles. The van der Waals surface area contributed by atoms with Crippen LogP contribution in [0.2, 0.25) is 0 Å². The zero-order valence-corrected chi connectivity index (χ0v) is 8.55. The van der Waals surface area contributed by atoms with E-state index in [4.69, 9.17) is 4.74 Å². The Balaban J connectivity index is 3.37. The first kappa shape index (κ1) is 11.9. The molecule has 0 aromatic rings. The van der Waals surface area contributed by atoms with Crippen molar-refractivity contribution in [3.05, 3.63) is 0 Å². The van der Waals surface area contributed by atoms with Crippen LogP contribution in [0.15, 0.2) is 0 Å². The van der Waals surface area contributed by atoms with Gasteiger partial charge in [0.1, 0.15) is 0 Å². The summed E-state index contributed by atoms with van der Waals surface area (Å²) >= 11 is 0. The maximum atomic E-state index is 9.39. The van der Waals surface area contributed by atoms with E-state index in [2.05, 4.69) is 5.32 Å². The molecule has 0 aromatic heterocycles. The second-order valence-corrected chi connectivity index (χ2v) is 3.75. The Morgan fingerprint density at radius 2 is 2.08 bits per heavy atom. The summed E-state index contributed by atoms with van der Waals surface area (Å²) in [5.74, 6) is 0. The molecule has 0 bridgehead atoms. The summed E-state index contributed by atoms with van der Waals surface area (Å²) in [4.78, 5) is 0. The Morgan fingerprint density at radius 1 is 1.50 bits per heavy atom. The highest BCUT2D eigenvalue weighted by atomic mass is 16.5. The summed E-state index contributed by atoms with van der Waals surface area (Å²) in [5.41, 5.74) is -0.638. The Labute approximate surface area is 75.1 Å². The average molecular weight is 175 g/mol. The van der Waals surface area contributed by atoms with Crippen molar-refractivity contribution in [2.75, 3.05) is 19.8 Å². The van der Waals surface area contributed by atoms with Crippen LogP contribution in [-0.4, -0.2) is 36.5 Å². The van der Waals surface area contributed by atoms with Gasteiger partial charge in [-0.1, -0.05) is 0 Å². The Morgan fingerprint density at radius 3 is 2.50 bits per heavy atom. The van der Waals surface area contributed by atoms with Crippen LogP contribution in [0.25, 0.3) is 0 Å². The molecule has 0 aliphatic heterocycles. The zero-order chi connectivity index (χ0) is 9.61. The first-order valence-electron chi connectivity index (χ1n) is 4.49. The molecule has 1 unspecified atom stereocenters. The molecule has 0 rings (SSSR count). The number of hydrogen-bond acceptors (Lipinski definition) is 3. The molecule has 0 radical (unpaired) electrons. The molecule has 1 atom stereocenters. The first-order valence-corrected chi connectivity index (χ1v) is 4.49. The molecule has 3 heteroatoms. The molecule has 0 aliphatic rings. The Bertz CT molecular complexity index is 110. The monoisotopic (exact) mass is 175 g/mol. The fourth-order valence-corrected chi connectivity index (χ4v) is 0.778. The van der Waals surface area contributed by atoms with Crippen molar-refractivity contribution in [2.24, 2.45) is 0 Å². The van der Waals surface area contributed by atoms with E-state index < -0.39 is 5.60 Å². The van der Waals surface area contributed by atoms with E-state index in [9.17, 15) is 5.11 Å². The van der Waals surface area contributed by atoms with E-state index in [1.54, 1.807) is 13.8 Å². The number of aliphatic hydroxyl groups is 1. The second-order valence-electron chi connectivity index (χ2n) is 3.75. The molecular weight excluding hydrogens is 154 g/mol. The molecule has 0 aromatic carbocycles. The fourth-order valence-electron chi connectivity index (χ4n) is 0.778. The van der Waals surface area contributed by atoms with Gasteiger partial charge in [-0.2, -0.15) is 0 Å². The lowest BCUT2D eigenvalue weighted by atomic mass is 10.1. The highest BCUT2D eigenvalue weighted by Crippen LogP contribution is 1.98. The lowest BCUT2D eigenvalue weighted by Crippen LogP contribution is -2.41. The largest absolute Gasteiger partial charge is 0.389 e. The third kappa shape index (κ3) is 7.98. The van der Waals surface area contributed by atoms with Gasteiger partial charge in [0, 0.05) is 19.2 Å². The maximum absolute atomic E-state index is 9.39. The molecule has 0 amide bonds. The first-order chi connectivity index (χ1) is 5.45. The van der Waals surface area contributed by atoms with E-state index in [-0.39, 0.29) is 0 Å². The van der Waals surface area contributed by atoms with Gasteiger partial charge in [-0.05, 0) is 27.7 Å². The van der Waals surface area contributed by atoms with Gasteiger partial charge in [-0.3, -0.25) is 0 Å². The van der Waals surface area contributed by atoms with Crippen molar-refractivity contribution >= 4 is 0 Å². The van der Waals surface area contributed by atoms with Crippen LogP contribution in [0.3, 0.4) is 0 Å². The summed E-state index contributed by atoms with van der Waals surface area (Å²) in [7, 11) is 0. The van der Waals surface area contributed by atoms with E-state index in [0.717, 1.165) is 6.61 Å². The van der Waals surface area contributed by atoms with Gasteiger partial charge >= 0.3 is 0 Å². The van der Waals surface area contributed by atoms with Crippen molar-refractivity contribution < 1.29 is 9.84 Å². The van der Waals surface area contributed by atoms with Crippen LogP contribution in [0, 0.1) is 0 Å². The van der Waals surface area contributed by atoms with Crippen LogP contribution in [0.4, 0.5) is 0 Å². The highest BCUT2D eigenvalue weighted by Gasteiger charge is 2.13. The van der Waals surface area contributed by atoms with Gasteiger partial charge in [-0.25, -0.2) is 0 Å². The minimum Gasteiger partial charge on any atom is -0.389 e. The van der Waals surface area contributed by atoms with Crippen molar-refractivity contribution in [3.63, 3.8) is 0 Å². The summed E-state index contributed by atoms with van der Waals surface area (Å²) in [6, 6.07) is 0.302. The van der Waals surface area contributed by atoms with E-state index in [0.29, 0.717) is 19.2 Å². The molecule has 12 heavy (non-hydrogen) atoms. The lowest BCUT2D eigenvalue weighted by Gasteiger charge is -2.21. The van der Waals surface area contributed by atoms with Crippen LogP contribution in [0.1, 0.15) is 27.7 Å². The lowest BCUT2D eigenvalue weighted by molar-refractivity contribution is 0.0674. The normalized spacial score (nSPS) is 14.8. The third-order valence-electron chi connectivity index (χ3n) is 1.46. The molecule has 0 fully saturated rings. The van der Waals surface area contributed by atoms with Gasteiger partial charge < -0.3 is 15.2 Å². The smallest absolute Gasteiger partial charge is 0.0715 e. The molecule has 3 nitrogen and oxygen atoms in total. The van der Waals surface area contributed by atoms with Crippen LogP contribution < -0.4 is 5.32 Å². The summed E-state index contributed by atoms with van der Waals surface area (Å²) < 4.78 is 5.22. The molecule has 0 aliphatic carbocycles. The van der Waals surface area contributed by atoms with Crippen molar-refractivity contribution in [1.82, 2.24) is 5.32 Å². The second kappa shape index (κ2) is 5.51. The molecule has 0 saturated heterocycles. The summed E-state index contributed by atoms with van der Waals surface area (Å²) in [6.07, 6.45) is 0. The maximum Gasteiger partial charge on any atom is 0.0715 e. The number of ether oxygens (including phenoxy) is 1. The van der Waals surface area contributed by atoms with Crippen molar-refractivity contribution in [2.45, 2.75) is 39.3 Å². The third-order valence-corrected chi connectivity index (χ3v) is 1.46. The number of rotatable bonds is 6. The SMILES string of the molecule is CCOCC(C)NCC(C)(C)O. The summed E-state index contributed by atoms with van der Waals surface area (Å²) in [6.45, 7) is 9.63. The predicted octanol–water partition coefficient (Wildman–Crippen LogP) is 0.772. The molecule has 2 N–H and O–H groups in total. The topological polar surface area (TPSA) is 41.5 Å². The van der Waals surface area contributed by atoms with Gasteiger partial charge in [0.05, 0.1) is 12.2 Å². The van der Waals surface area contributed by atoms with Gasteiger partial charge in [0.2, 0.25) is 0 Å². The standard InChI is InChI=1S/C9H21NO2/c1-5-12-6-8(2)10-7-9(3,4)11/h8,10-11H,5-7H2,1-4H3. The summed E-state index contributed by atoms with van der Waals surface area (Å²) in [5, 5.41) is 12.6. The minimum atomic E-state index is -0.638. The van der Waals surface area contributed by atoms with Crippen molar-refractivity contribution in [1.29, 1.82) is 0 Å². The minimum absolute atomic E-state index is 0.302. The van der Waals surface area contributed by atoms with Gasteiger partial charge in [0.15, 0.2) is 0 Å². The predicted molar refractivity (Wildman–Crippen MR) is 50.3 cm³/mol. The average Bonchev–Trinajstić information content (AvgIpc) is 1.95. The fraction of sp³-hybridized carbons (Fsp3) is 1.00. The van der Waals surface area contributed by atoms with Gasteiger partial charge in [-0.15, -0.1) is 0 Å². The van der Waals surface area contributed by atoms with E-state index in [1.165, 1.54) is 0 Å². The number of nitrogens with one attached hydrogen (secondary N) is 1. The van der Waals surface area contributed by atoms with Crippen molar-refractivity contribution in [3.8, 4) is 0 Å². The van der Waals surface area contributed by atoms with E-state index in [1.807, 2.05) is 13.8 Å². The van der Waals surface area contributed by atoms with Crippen LogP contribution in [0.5, 0.6) is 0 Å². The molecule has 0 spiro atoms. The molecular formula is C9H21NO2.